The molecule has 7 heteroatoms. The Morgan fingerprint density at radius 1 is 1.21 bits per heavy atom. The molecule has 1 atom stereocenters. The van der Waals surface area contributed by atoms with E-state index < -0.39 is 5.92 Å². The highest BCUT2D eigenvalue weighted by molar-refractivity contribution is 7.71. The Hall–Kier alpha value is -3.06. The molecule has 0 fully saturated rings. The summed E-state index contributed by atoms with van der Waals surface area (Å²) in [7, 11) is 0. The molecule has 0 radical (unpaired) electrons. The van der Waals surface area contributed by atoms with Crippen LogP contribution in [0, 0.1) is 10.6 Å². The van der Waals surface area contributed by atoms with Crippen molar-refractivity contribution in [2.45, 2.75) is 20.3 Å². The highest BCUT2D eigenvalue weighted by Crippen LogP contribution is 2.16. The van der Waals surface area contributed by atoms with Gasteiger partial charge in [0.25, 0.3) is 0 Å². The van der Waals surface area contributed by atoms with Crippen molar-refractivity contribution in [3.63, 3.8) is 0 Å². The normalized spacial score (nSPS) is 12.6. The maximum absolute atomic E-state index is 12.5. The maximum atomic E-state index is 12.5. The second kappa shape index (κ2) is 9.23. The van der Waals surface area contributed by atoms with Crippen molar-refractivity contribution in [3.05, 3.63) is 64.8 Å². The summed E-state index contributed by atoms with van der Waals surface area (Å²) in [6.07, 6.45) is 0.509. The number of carbonyl (C=O) groups excluding carboxylic acids is 1. The molecule has 0 amide bonds. The predicted octanol–water partition coefficient (Wildman–Crippen LogP) is 4.50. The Labute approximate surface area is 168 Å². The topological polar surface area (TPSA) is 79.4 Å². The molecule has 0 aliphatic rings. The van der Waals surface area contributed by atoms with Gasteiger partial charge in [-0.3, -0.25) is 10.2 Å². The van der Waals surface area contributed by atoms with E-state index in [9.17, 15) is 4.79 Å². The summed E-state index contributed by atoms with van der Waals surface area (Å²) in [6, 6.07) is 17.4. The predicted molar refractivity (Wildman–Crippen MR) is 114 cm³/mol. The number of ether oxygens (including phenoxy) is 1. The van der Waals surface area contributed by atoms with Gasteiger partial charge in [-0.1, -0.05) is 54.7 Å². The number of hydrogen-bond donors (Lipinski definition) is 2. The van der Waals surface area contributed by atoms with E-state index in [2.05, 4.69) is 20.5 Å². The molecule has 0 saturated heterocycles. The van der Waals surface area contributed by atoms with Crippen LogP contribution in [0.3, 0.4) is 0 Å². The van der Waals surface area contributed by atoms with Crippen LogP contribution in [0.4, 0.5) is 5.82 Å². The van der Waals surface area contributed by atoms with Gasteiger partial charge in [0, 0.05) is 5.71 Å². The molecule has 28 heavy (non-hydrogen) atoms. The van der Waals surface area contributed by atoms with E-state index in [4.69, 9.17) is 17.0 Å². The molecule has 3 rings (SSSR count). The Balaban J connectivity index is 1.84. The van der Waals surface area contributed by atoms with Crippen molar-refractivity contribution < 1.29 is 9.53 Å². The monoisotopic (exact) mass is 394 g/mol. The second-order valence-electron chi connectivity index (χ2n) is 6.29. The molecule has 2 N–H and O–H groups in total. The summed E-state index contributed by atoms with van der Waals surface area (Å²) in [4.78, 5) is 20.1. The first-order valence-electron chi connectivity index (χ1n) is 9.08. The number of esters is 1. The summed E-state index contributed by atoms with van der Waals surface area (Å²) in [5.74, 6) is -0.353. The number of benzene rings is 2. The molecule has 0 bridgehead atoms. The lowest BCUT2D eigenvalue weighted by Crippen LogP contribution is -2.27. The van der Waals surface area contributed by atoms with Crippen molar-refractivity contribution in [3.8, 4) is 0 Å². The van der Waals surface area contributed by atoms with Crippen molar-refractivity contribution >= 4 is 40.8 Å². The molecular formula is C21H22N4O2S. The molecule has 0 aliphatic carbocycles. The number of hydrogen-bond acceptors (Lipinski definition) is 6. The number of para-hydroxylation sites is 2. The number of nitrogens with one attached hydrogen (secondary N) is 2. The third kappa shape index (κ3) is 4.80. The number of H-pyrrole nitrogens is 1. The number of rotatable bonds is 7. The molecule has 3 aromatic rings. The van der Waals surface area contributed by atoms with Crippen LogP contribution in [0.5, 0.6) is 0 Å². The molecule has 1 aromatic heterocycles. The summed E-state index contributed by atoms with van der Waals surface area (Å²) in [5, 5.41) is 4.38. The van der Waals surface area contributed by atoms with Crippen molar-refractivity contribution in [1.29, 1.82) is 0 Å². The van der Waals surface area contributed by atoms with E-state index in [1.54, 1.807) is 13.8 Å². The van der Waals surface area contributed by atoms with Crippen LogP contribution >= 0.6 is 12.2 Å². The zero-order valence-electron chi connectivity index (χ0n) is 15.8. The van der Waals surface area contributed by atoms with Gasteiger partial charge in [-0.15, -0.1) is 0 Å². The average molecular weight is 395 g/mol. The third-order valence-electron chi connectivity index (χ3n) is 4.30. The first kappa shape index (κ1) is 19.7. The first-order chi connectivity index (χ1) is 13.6. The molecule has 2 aromatic carbocycles. The van der Waals surface area contributed by atoms with Gasteiger partial charge in [-0.2, -0.15) is 5.10 Å². The van der Waals surface area contributed by atoms with E-state index >= 15 is 0 Å². The minimum absolute atomic E-state index is 0.300. The largest absolute Gasteiger partial charge is 0.465 e. The summed E-state index contributed by atoms with van der Waals surface area (Å²) in [5.41, 5.74) is 6.17. The molecule has 0 aliphatic heterocycles. The van der Waals surface area contributed by atoms with E-state index in [0.29, 0.717) is 29.2 Å². The molecule has 144 valence electrons. The Morgan fingerprint density at radius 3 is 2.68 bits per heavy atom. The van der Waals surface area contributed by atoms with Crippen LogP contribution in [-0.4, -0.2) is 28.3 Å². The minimum atomic E-state index is -0.493. The Bertz CT molecular complexity index is 1050. The summed E-state index contributed by atoms with van der Waals surface area (Å²) in [6.45, 7) is 3.91. The number of anilines is 1. The molecular weight excluding hydrogens is 372 g/mol. The smallest absolute Gasteiger partial charge is 0.315 e. The second-order valence-corrected chi connectivity index (χ2v) is 6.70. The molecule has 6 nitrogen and oxygen atoms in total. The summed E-state index contributed by atoms with van der Waals surface area (Å²) < 4.78 is 5.69. The van der Waals surface area contributed by atoms with Crippen LogP contribution in [0.15, 0.2) is 59.7 Å². The lowest BCUT2D eigenvalue weighted by molar-refractivity contribution is -0.145. The highest BCUT2D eigenvalue weighted by Gasteiger charge is 2.23. The van der Waals surface area contributed by atoms with Gasteiger partial charge in [-0.25, -0.2) is 4.98 Å². The minimum Gasteiger partial charge on any atom is -0.465 e. The van der Waals surface area contributed by atoms with Gasteiger partial charge >= 0.3 is 5.97 Å². The Kier molecular flexibility index (Phi) is 6.49. The van der Waals surface area contributed by atoms with Crippen LogP contribution in [-0.2, 0) is 16.0 Å². The van der Waals surface area contributed by atoms with Gasteiger partial charge in [0.1, 0.15) is 10.6 Å². The standard InChI is InChI=1S/C21H22N4O2S/c1-3-27-21(26)16(13-15-9-5-4-6-10-15)14(2)24-25-19-20(28)23-18-12-8-7-11-17(18)22-19/h4-12,16H,3,13H2,1-2H3,(H,22,25)(H,23,28)/b24-14+. The van der Waals surface area contributed by atoms with Gasteiger partial charge in [0.15, 0.2) is 5.82 Å². The van der Waals surface area contributed by atoms with Gasteiger partial charge < -0.3 is 9.72 Å². The van der Waals surface area contributed by atoms with Crippen molar-refractivity contribution in [2.24, 2.45) is 11.0 Å². The quantitative estimate of drug-likeness (QED) is 0.267. The number of aromatic amines is 1. The Morgan fingerprint density at radius 2 is 1.93 bits per heavy atom. The fraction of sp³-hybridized carbons (Fsp3) is 0.238. The summed E-state index contributed by atoms with van der Waals surface area (Å²) >= 11 is 5.35. The SMILES string of the molecule is CCOC(=O)C(Cc1ccccc1)/C(C)=N/Nc1nc2ccccc2[nH]c1=S. The molecule has 0 saturated carbocycles. The van der Waals surface area contributed by atoms with E-state index in [1.165, 1.54) is 0 Å². The highest BCUT2D eigenvalue weighted by atomic mass is 32.1. The van der Waals surface area contributed by atoms with Crippen LogP contribution in [0.1, 0.15) is 19.4 Å². The first-order valence-corrected chi connectivity index (χ1v) is 9.49. The van der Waals surface area contributed by atoms with Crippen molar-refractivity contribution in [2.75, 3.05) is 12.0 Å². The number of carbonyl (C=O) groups is 1. The number of fused-ring (bicyclic) bond motifs is 1. The zero-order chi connectivity index (χ0) is 19.9. The molecule has 1 heterocycles. The fourth-order valence-electron chi connectivity index (χ4n) is 2.82. The van der Waals surface area contributed by atoms with E-state index in [1.807, 2.05) is 54.6 Å². The number of hydrazone groups is 1. The van der Waals surface area contributed by atoms with Gasteiger partial charge in [0.2, 0.25) is 0 Å². The molecule has 0 spiro atoms. The lowest BCUT2D eigenvalue weighted by atomic mass is 9.95. The van der Waals surface area contributed by atoms with Gasteiger partial charge in [-0.05, 0) is 38.0 Å². The van der Waals surface area contributed by atoms with Crippen LogP contribution in [0.2, 0.25) is 0 Å². The van der Waals surface area contributed by atoms with Gasteiger partial charge in [0.05, 0.1) is 17.6 Å². The van der Waals surface area contributed by atoms with E-state index in [0.717, 1.165) is 16.6 Å². The van der Waals surface area contributed by atoms with Crippen LogP contribution < -0.4 is 5.43 Å². The van der Waals surface area contributed by atoms with E-state index in [-0.39, 0.29) is 5.97 Å². The third-order valence-corrected chi connectivity index (χ3v) is 4.59. The number of nitrogens with zero attached hydrogens (tertiary/aromatic N) is 2. The maximum Gasteiger partial charge on any atom is 0.315 e. The van der Waals surface area contributed by atoms with Crippen LogP contribution in [0.25, 0.3) is 11.0 Å². The fourth-order valence-corrected chi connectivity index (χ4v) is 3.02. The van der Waals surface area contributed by atoms with Crippen molar-refractivity contribution in [1.82, 2.24) is 9.97 Å². The average Bonchev–Trinajstić information content (AvgIpc) is 2.71. The zero-order valence-corrected chi connectivity index (χ0v) is 16.6. The lowest BCUT2D eigenvalue weighted by Gasteiger charge is -2.16. The molecule has 1 unspecified atom stereocenters. The number of aromatic nitrogens is 2.